The number of pyridine rings is 1. The number of urea groups is 1. The number of nitrogens with one attached hydrogen (secondary N) is 2. The summed E-state index contributed by atoms with van der Waals surface area (Å²) in [5.41, 5.74) is 1.40. The minimum absolute atomic E-state index is 0.126. The molecule has 1 aromatic heterocycles. The van der Waals surface area contributed by atoms with Crippen LogP contribution >= 0.6 is 11.6 Å². The van der Waals surface area contributed by atoms with Crippen LogP contribution in [0.5, 0.6) is 0 Å². The van der Waals surface area contributed by atoms with E-state index in [0.29, 0.717) is 33.5 Å². The number of anilines is 2. The van der Waals surface area contributed by atoms with E-state index >= 15 is 0 Å². The second-order valence-electron chi connectivity index (χ2n) is 7.08. The van der Waals surface area contributed by atoms with E-state index in [1.165, 1.54) is 17.0 Å². The van der Waals surface area contributed by atoms with Crippen molar-refractivity contribution >= 4 is 39.9 Å². The smallest absolute Gasteiger partial charge is 0.322 e. The Hall–Kier alpha value is -3.04. The minimum Gasteiger partial charge on any atom is -0.373 e. The predicted molar refractivity (Wildman–Crippen MR) is 112 cm³/mol. The number of nitrogens with zero attached hydrogens (tertiary/aromatic N) is 2. The Kier molecular flexibility index (Phi) is 5.63. The first-order valence-electron chi connectivity index (χ1n) is 9.36. The lowest BCUT2D eigenvalue weighted by Crippen LogP contribution is -2.39. The maximum Gasteiger partial charge on any atom is 0.322 e. The van der Waals surface area contributed by atoms with E-state index in [2.05, 4.69) is 15.6 Å². The Labute approximate surface area is 181 Å². The van der Waals surface area contributed by atoms with Crippen LogP contribution < -0.4 is 10.6 Å². The normalized spacial score (nSPS) is 15.5. The number of carbonyl (C=O) groups is 1. The van der Waals surface area contributed by atoms with Gasteiger partial charge in [0.1, 0.15) is 11.6 Å². The summed E-state index contributed by atoms with van der Waals surface area (Å²) < 4.78 is 47.0. The standard InChI is InChI=1S/C21H18ClF3N4O2/c1-26-20-12-7-16(25)15(24)6-11(12)19-17(28-20)8-31-9-18(19)29(2)21(30)27-10-3-4-14(23)13(22)5-10/h3-7,18H,8-9H2,1-2H3,(H,26,28)(H,27,30)/t18-/m0/s1. The topological polar surface area (TPSA) is 66.5 Å². The largest absolute Gasteiger partial charge is 0.373 e. The predicted octanol–water partition coefficient (Wildman–Crippen LogP) is 5.08. The fourth-order valence-corrected chi connectivity index (χ4v) is 3.81. The molecular weight excluding hydrogens is 433 g/mol. The monoisotopic (exact) mass is 450 g/mol. The van der Waals surface area contributed by atoms with Gasteiger partial charge < -0.3 is 20.3 Å². The maximum absolute atomic E-state index is 14.1. The average Bonchev–Trinajstić information content (AvgIpc) is 2.75. The zero-order valence-electron chi connectivity index (χ0n) is 16.6. The summed E-state index contributed by atoms with van der Waals surface area (Å²) in [6.07, 6.45) is 0. The number of hydrogen-bond donors (Lipinski definition) is 2. The second kappa shape index (κ2) is 8.24. The first-order chi connectivity index (χ1) is 14.8. The van der Waals surface area contributed by atoms with Crippen molar-refractivity contribution < 1.29 is 22.7 Å². The van der Waals surface area contributed by atoms with Crippen molar-refractivity contribution in [2.75, 3.05) is 31.3 Å². The van der Waals surface area contributed by atoms with Crippen LogP contribution in [0, 0.1) is 17.5 Å². The molecule has 162 valence electrons. The van der Waals surface area contributed by atoms with E-state index < -0.39 is 29.5 Å². The second-order valence-corrected chi connectivity index (χ2v) is 7.49. The molecule has 10 heteroatoms. The van der Waals surface area contributed by atoms with Crippen LogP contribution in [0.2, 0.25) is 5.02 Å². The lowest BCUT2D eigenvalue weighted by Gasteiger charge is -2.34. The summed E-state index contributed by atoms with van der Waals surface area (Å²) in [5.74, 6) is -2.21. The van der Waals surface area contributed by atoms with E-state index in [1.807, 2.05) is 0 Å². The molecule has 0 fully saturated rings. The third kappa shape index (κ3) is 3.86. The van der Waals surface area contributed by atoms with Gasteiger partial charge in [-0.25, -0.2) is 22.9 Å². The van der Waals surface area contributed by atoms with Gasteiger partial charge in [0.25, 0.3) is 0 Å². The number of hydrogen-bond acceptors (Lipinski definition) is 4. The molecule has 1 aliphatic heterocycles. The van der Waals surface area contributed by atoms with Crippen LogP contribution in [-0.2, 0) is 11.3 Å². The van der Waals surface area contributed by atoms with Crippen molar-refractivity contribution in [3.8, 4) is 0 Å². The van der Waals surface area contributed by atoms with Gasteiger partial charge in [0, 0.05) is 30.7 Å². The first kappa shape index (κ1) is 21.2. The van der Waals surface area contributed by atoms with Gasteiger partial charge in [0.2, 0.25) is 0 Å². The Bertz CT molecular complexity index is 1190. The van der Waals surface area contributed by atoms with Crippen molar-refractivity contribution in [2.24, 2.45) is 0 Å². The molecule has 2 heterocycles. The number of fused-ring (bicyclic) bond motifs is 3. The highest BCUT2D eigenvalue weighted by molar-refractivity contribution is 6.31. The lowest BCUT2D eigenvalue weighted by atomic mass is 9.95. The van der Waals surface area contributed by atoms with Gasteiger partial charge >= 0.3 is 6.03 Å². The van der Waals surface area contributed by atoms with Crippen LogP contribution in [0.3, 0.4) is 0 Å². The van der Waals surface area contributed by atoms with E-state index in [1.54, 1.807) is 14.1 Å². The highest BCUT2D eigenvalue weighted by atomic mass is 35.5. The lowest BCUT2D eigenvalue weighted by molar-refractivity contribution is 0.0529. The van der Waals surface area contributed by atoms with Crippen molar-refractivity contribution in [2.45, 2.75) is 12.6 Å². The highest BCUT2D eigenvalue weighted by Crippen LogP contribution is 2.38. The number of ether oxygens (including phenoxy) is 1. The van der Waals surface area contributed by atoms with Crippen LogP contribution in [0.25, 0.3) is 10.8 Å². The number of amides is 2. The molecule has 3 aromatic rings. The maximum atomic E-state index is 14.1. The molecule has 2 aromatic carbocycles. The Morgan fingerprint density at radius 2 is 1.87 bits per heavy atom. The number of benzene rings is 2. The number of aromatic nitrogens is 1. The summed E-state index contributed by atoms with van der Waals surface area (Å²) in [4.78, 5) is 18.7. The van der Waals surface area contributed by atoms with Crippen molar-refractivity contribution in [3.63, 3.8) is 0 Å². The molecule has 1 atom stereocenters. The Morgan fingerprint density at radius 3 is 2.55 bits per heavy atom. The molecule has 0 spiro atoms. The number of halogens is 4. The molecule has 31 heavy (non-hydrogen) atoms. The van der Waals surface area contributed by atoms with Gasteiger partial charge in [0.15, 0.2) is 11.6 Å². The number of carbonyl (C=O) groups excluding carboxylic acids is 1. The van der Waals surface area contributed by atoms with Crippen molar-refractivity contribution in [1.82, 2.24) is 9.88 Å². The van der Waals surface area contributed by atoms with Crippen molar-refractivity contribution in [1.29, 1.82) is 0 Å². The molecule has 0 saturated carbocycles. The molecule has 6 nitrogen and oxygen atoms in total. The van der Waals surface area contributed by atoms with Crippen LogP contribution in [-0.4, -0.2) is 36.6 Å². The zero-order chi connectivity index (χ0) is 22.3. The molecule has 4 rings (SSSR count). The minimum atomic E-state index is -0.999. The van der Waals surface area contributed by atoms with Gasteiger partial charge in [-0.1, -0.05) is 11.6 Å². The summed E-state index contributed by atoms with van der Waals surface area (Å²) in [7, 11) is 3.17. The molecule has 0 bridgehead atoms. The molecule has 2 N–H and O–H groups in total. The summed E-state index contributed by atoms with van der Waals surface area (Å²) in [6, 6.07) is 4.87. The van der Waals surface area contributed by atoms with E-state index in [9.17, 15) is 18.0 Å². The number of likely N-dealkylation sites (N-methyl/N-ethyl adjacent to an activating group) is 1. The Balaban J connectivity index is 1.74. The fourth-order valence-electron chi connectivity index (χ4n) is 3.63. The summed E-state index contributed by atoms with van der Waals surface area (Å²) in [5, 5.41) is 6.23. The van der Waals surface area contributed by atoms with E-state index in [4.69, 9.17) is 16.3 Å². The van der Waals surface area contributed by atoms with Gasteiger partial charge in [-0.15, -0.1) is 0 Å². The molecule has 0 aliphatic carbocycles. The molecule has 2 amide bonds. The van der Waals surface area contributed by atoms with Crippen LogP contribution in [0.1, 0.15) is 17.3 Å². The van der Waals surface area contributed by atoms with Crippen LogP contribution in [0.4, 0.5) is 29.5 Å². The average molecular weight is 451 g/mol. The van der Waals surface area contributed by atoms with Crippen molar-refractivity contribution in [3.05, 3.63) is 64.1 Å². The molecule has 0 saturated heterocycles. The third-order valence-corrected chi connectivity index (χ3v) is 5.50. The van der Waals surface area contributed by atoms with Crippen LogP contribution in [0.15, 0.2) is 30.3 Å². The highest BCUT2D eigenvalue weighted by Gasteiger charge is 2.31. The van der Waals surface area contributed by atoms with Gasteiger partial charge in [-0.05, 0) is 35.7 Å². The van der Waals surface area contributed by atoms with Gasteiger partial charge in [0.05, 0.1) is 30.0 Å². The zero-order valence-corrected chi connectivity index (χ0v) is 17.4. The quantitative estimate of drug-likeness (QED) is 0.584. The van der Waals surface area contributed by atoms with Gasteiger partial charge in [-0.2, -0.15) is 0 Å². The summed E-state index contributed by atoms with van der Waals surface area (Å²) in [6.45, 7) is 0.300. The Morgan fingerprint density at radius 1 is 1.16 bits per heavy atom. The number of rotatable bonds is 3. The van der Waals surface area contributed by atoms with E-state index in [0.717, 1.165) is 18.2 Å². The first-order valence-corrected chi connectivity index (χ1v) is 9.73. The van der Waals surface area contributed by atoms with Gasteiger partial charge in [-0.3, -0.25) is 0 Å². The molecule has 1 aliphatic rings. The fraction of sp³-hybridized carbons (Fsp3) is 0.238. The SMILES string of the molecule is CNc1nc2c(c3cc(F)c(F)cc13)[C@@H](N(C)C(=O)Nc1ccc(F)c(Cl)c1)COC2. The third-order valence-electron chi connectivity index (χ3n) is 5.21. The van der Waals surface area contributed by atoms with E-state index in [-0.39, 0.29) is 18.2 Å². The molecule has 0 radical (unpaired) electrons. The summed E-state index contributed by atoms with van der Waals surface area (Å²) >= 11 is 5.77. The molecular formula is C21H18ClF3N4O2. The molecule has 0 unspecified atom stereocenters.